The van der Waals surface area contributed by atoms with Crippen LogP contribution in [-0.2, 0) is 12.6 Å². The van der Waals surface area contributed by atoms with Crippen LogP contribution in [0.5, 0.6) is 0 Å². The Bertz CT molecular complexity index is 596. The number of hydrogen-bond donors (Lipinski definition) is 0. The lowest BCUT2D eigenvalue weighted by atomic mass is 10.1. The number of aryl methyl sites for hydroxylation is 1. The fourth-order valence-corrected chi connectivity index (χ4v) is 13.2. The minimum absolute atomic E-state index is 0.119. The van der Waals surface area contributed by atoms with Crippen LogP contribution >= 0.6 is 31.0 Å². The second-order valence-electron chi connectivity index (χ2n) is 8.62. The van der Waals surface area contributed by atoms with Gasteiger partial charge in [0.1, 0.15) is 0 Å². The van der Waals surface area contributed by atoms with Gasteiger partial charge in [0.05, 0.1) is 5.56 Å². The molecule has 0 N–H and O–H groups in total. The molecule has 1 atom stereocenters. The summed E-state index contributed by atoms with van der Waals surface area (Å²) in [5, 5.41) is 3.83. The van der Waals surface area contributed by atoms with Crippen LogP contribution in [0.25, 0.3) is 0 Å². The Kier molecular flexibility index (Phi) is 6.14. The first-order valence-electron chi connectivity index (χ1n) is 8.54. The van der Waals surface area contributed by atoms with E-state index < -0.39 is 11.7 Å². The molecule has 0 saturated heterocycles. The zero-order chi connectivity index (χ0) is 19.1. The van der Waals surface area contributed by atoms with Gasteiger partial charge in [-0.15, -0.1) is 23.1 Å². The molecule has 0 fully saturated rings. The molecule has 1 aliphatic rings. The molecule has 1 aromatic heterocycles. The van der Waals surface area contributed by atoms with Gasteiger partial charge in [-0.25, -0.2) is 0 Å². The van der Waals surface area contributed by atoms with E-state index in [9.17, 15) is 13.2 Å². The van der Waals surface area contributed by atoms with Crippen molar-refractivity contribution in [2.45, 2.75) is 81.8 Å². The number of thiophene rings is 1. The summed E-state index contributed by atoms with van der Waals surface area (Å²) in [7, 11) is -0.357. The van der Waals surface area contributed by atoms with Crippen LogP contribution in [0.15, 0.2) is 22.9 Å². The van der Waals surface area contributed by atoms with Crippen molar-refractivity contribution in [3.8, 4) is 0 Å². The van der Waals surface area contributed by atoms with Crippen LogP contribution in [0.2, 0.25) is 0 Å². The van der Waals surface area contributed by atoms with Crippen molar-refractivity contribution in [2.75, 3.05) is 0 Å². The summed E-state index contributed by atoms with van der Waals surface area (Å²) in [5.74, 6) is 0. The zero-order valence-corrected chi connectivity index (χ0v) is 18.4. The number of halogens is 3. The van der Waals surface area contributed by atoms with E-state index in [1.54, 1.807) is 0 Å². The molecule has 2 heterocycles. The number of thioether (sulfide) groups is 1. The number of allylic oxidation sites excluding steroid dienone is 1. The van der Waals surface area contributed by atoms with Gasteiger partial charge in [-0.3, -0.25) is 0 Å². The number of alkyl halides is 3. The van der Waals surface area contributed by atoms with Crippen LogP contribution < -0.4 is 0 Å². The van der Waals surface area contributed by atoms with Gasteiger partial charge in [-0.1, -0.05) is 55.5 Å². The Morgan fingerprint density at radius 1 is 1.08 bits per heavy atom. The lowest BCUT2D eigenvalue weighted by molar-refractivity contribution is -0.137. The first kappa shape index (κ1) is 21.3. The lowest BCUT2D eigenvalue weighted by Crippen LogP contribution is -2.37. The Morgan fingerprint density at radius 2 is 1.68 bits per heavy atom. The molecule has 1 aromatic rings. The summed E-state index contributed by atoms with van der Waals surface area (Å²) >= 11 is 3.16. The van der Waals surface area contributed by atoms with E-state index in [1.165, 1.54) is 22.8 Å². The number of rotatable bonds is 4. The van der Waals surface area contributed by atoms with Gasteiger partial charge >= 0.3 is 6.18 Å². The van der Waals surface area contributed by atoms with Crippen molar-refractivity contribution < 1.29 is 13.2 Å². The smallest absolute Gasteiger partial charge is 0.166 e. The molecule has 0 spiro atoms. The Morgan fingerprint density at radius 3 is 2.08 bits per heavy atom. The average Bonchev–Trinajstić information content (AvgIpc) is 3.01. The summed E-state index contributed by atoms with van der Waals surface area (Å²) in [4.78, 5) is 0.844. The largest absolute Gasteiger partial charge is 0.417 e. The highest BCUT2D eigenvalue weighted by Gasteiger charge is 2.50. The zero-order valence-electron chi connectivity index (χ0n) is 15.8. The highest BCUT2D eigenvalue weighted by Crippen LogP contribution is 2.74. The topological polar surface area (TPSA) is 0 Å². The average molecular weight is 409 g/mol. The quantitative estimate of drug-likeness (QED) is 0.453. The standard InChI is InChI=1S/C19H28F3PS2/c1-16(2,3)23(17(4,5)6)18(9-7-11-25-18)10-8-15-12-14(13-24-15)19(20,21)22/h7,11-13H,8-10H2,1-6H3. The first-order valence-corrected chi connectivity index (χ1v) is 11.6. The molecule has 0 nitrogen and oxygen atoms in total. The highest BCUT2D eigenvalue weighted by molar-refractivity contribution is 8.09. The summed E-state index contributed by atoms with van der Waals surface area (Å²) in [6.07, 6.45) is 0.686. The second kappa shape index (κ2) is 7.20. The van der Waals surface area contributed by atoms with Crippen molar-refractivity contribution in [1.82, 2.24) is 0 Å². The molecule has 142 valence electrons. The molecule has 6 heteroatoms. The number of hydrogen-bond acceptors (Lipinski definition) is 2. The maximum absolute atomic E-state index is 12.9. The fraction of sp³-hybridized carbons (Fsp3) is 0.684. The van der Waals surface area contributed by atoms with E-state index in [4.69, 9.17) is 0 Å². The first-order chi connectivity index (χ1) is 11.3. The van der Waals surface area contributed by atoms with Crippen LogP contribution in [0.3, 0.4) is 0 Å². The SMILES string of the molecule is CC(C)(C)P(C(C)(C)C)C1(CCc2cc(C(F)(F)F)cs2)CC=CS1. The molecule has 25 heavy (non-hydrogen) atoms. The molecule has 0 aromatic carbocycles. The normalized spacial score (nSPS) is 22.2. The van der Waals surface area contributed by atoms with Gasteiger partial charge < -0.3 is 0 Å². The lowest BCUT2D eigenvalue weighted by Gasteiger charge is -2.52. The van der Waals surface area contributed by atoms with Crippen molar-refractivity contribution in [3.63, 3.8) is 0 Å². The molecular weight excluding hydrogens is 380 g/mol. The summed E-state index contributed by atoms with van der Waals surface area (Å²) < 4.78 is 38.7. The molecule has 0 radical (unpaired) electrons. The predicted octanol–water partition coefficient (Wildman–Crippen LogP) is 8.13. The molecule has 2 rings (SSSR count). The van der Waals surface area contributed by atoms with E-state index >= 15 is 0 Å². The van der Waals surface area contributed by atoms with E-state index in [1.807, 2.05) is 11.8 Å². The Balaban J connectivity index is 2.24. The van der Waals surface area contributed by atoms with Gasteiger partial charge in [-0.05, 0) is 41.0 Å². The van der Waals surface area contributed by atoms with Crippen molar-refractivity contribution >= 4 is 31.0 Å². The maximum Gasteiger partial charge on any atom is 0.417 e. The van der Waals surface area contributed by atoms with Crippen molar-refractivity contribution in [3.05, 3.63) is 33.4 Å². The fourth-order valence-electron chi connectivity index (χ4n) is 4.08. The van der Waals surface area contributed by atoms with E-state index in [0.717, 1.165) is 24.1 Å². The summed E-state index contributed by atoms with van der Waals surface area (Å²) in [6, 6.07) is 1.34. The summed E-state index contributed by atoms with van der Waals surface area (Å²) in [5.41, 5.74) is -0.507. The molecule has 0 saturated carbocycles. The molecule has 0 amide bonds. The predicted molar refractivity (Wildman–Crippen MR) is 108 cm³/mol. The minimum atomic E-state index is -4.24. The monoisotopic (exact) mass is 408 g/mol. The second-order valence-corrected chi connectivity index (χ2v) is 15.4. The highest BCUT2D eigenvalue weighted by atomic mass is 32.2. The van der Waals surface area contributed by atoms with Crippen LogP contribution in [0.1, 0.15) is 64.8 Å². The van der Waals surface area contributed by atoms with E-state index in [0.29, 0.717) is 0 Å². The maximum atomic E-state index is 12.9. The third-order valence-electron chi connectivity index (χ3n) is 4.31. The molecule has 1 unspecified atom stereocenters. The van der Waals surface area contributed by atoms with Crippen LogP contribution in [0.4, 0.5) is 13.2 Å². The van der Waals surface area contributed by atoms with Crippen molar-refractivity contribution in [1.29, 1.82) is 0 Å². The van der Waals surface area contributed by atoms with Gasteiger partial charge in [0.25, 0.3) is 0 Å². The third-order valence-corrected chi connectivity index (χ3v) is 11.2. The van der Waals surface area contributed by atoms with E-state index in [-0.39, 0.29) is 22.7 Å². The summed E-state index contributed by atoms with van der Waals surface area (Å²) in [6.45, 7) is 13.9. The van der Waals surface area contributed by atoms with Crippen LogP contribution in [-0.4, -0.2) is 14.8 Å². The van der Waals surface area contributed by atoms with Gasteiger partial charge in [0.2, 0.25) is 0 Å². The van der Waals surface area contributed by atoms with Crippen molar-refractivity contribution in [2.24, 2.45) is 0 Å². The Labute approximate surface area is 159 Å². The third kappa shape index (κ3) is 5.05. The Hall–Kier alpha value is 0.01000. The van der Waals surface area contributed by atoms with Gasteiger partial charge in [-0.2, -0.15) is 13.2 Å². The van der Waals surface area contributed by atoms with Crippen LogP contribution in [0, 0.1) is 0 Å². The van der Waals surface area contributed by atoms with Gasteiger partial charge in [0.15, 0.2) is 0 Å². The van der Waals surface area contributed by atoms with Gasteiger partial charge in [0, 0.05) is 14.7 Å². The molecule has 1 aliphatic heterocycles. The molecular formula is C19H28F3PS2. The molecule has 0 aliphatic carbocycles. The van der Waals surface area contributed by atoms with E-state index in [2.05, 4.69) is 53.0 Å². The molecule has 0 bridgehead atoms. The minimum Gasteiger partial charge on any atom is -0.166 e.